The maximum Gasteiger partial charge on any atom is 0.274 e. The van der Waals surface area contributed by atoms with Crippen LogP contribution in [0, 0.1) is 0 Å². The molecule has 0 aliphatic carbocycles. The summed E-state index contributed by atoms with van der Waals surface area (Å²) in [4.78, 5) is 23.2. The lowest BCUT2D eigenvalue weighted by Gasteiger charge is -2.21. The number of carbonyl (C=O) groups excluding carboxylic acids is 1. The van der Waals surface area contributed by atoms with Gasteiger partial charge in [-0.05, 0) is 56.3 Å². The molecule has 3 rings (SSSR count). The van der Waals surface area contributed by atoms with E-state index >= 15 is 0 Å². The molecule has 0 atom stereocenters. The lowest BCUT2D eigenvalue weighted by atomic mass is 10.2. The van der Waals surface area contributed by atoms with E-state index in [0.717, 1.165) is 24.5 Å². The topological polar surface area (TPSA) is 70.2 Å². The molecular weight excluding hydrogens is 338 g/mol. The number of anilines is 4. The number of carbonyl (C=O) groups is 1. The standard InChI is InChI=1S/C21H23N5O/c1-3-26(4-2)18-12-10-17(11-13-18)24-21-22-15-14-19(25-21)20(27)23-16-8-6-5-7-9-16/h5-15H,3-4H2,1-2H3,(H,23,27)(H,22,24,25). The summed E-state index contributed by atoms with van der Waals surface area (Å²) < 4.78 is 0. The molecule has 3 aromatic rings. The lowest BCUT2D eigenvalue weighted by Crippen LogP contribution is -2.21. The number of benzene rings is 2. The molecular formula is C21H23N5O. The number of nitrogens with zero attached hydrogens (tertiary/aromatic N) is 3. The first-order chi connectivity index (χ1) is 13.2. The van der Waals surface area contributed by atoms with Gasteiger partial charge < -0.3 is 15.5 Å². The molecule has 6 heteroatoms. The molecule has 0 spiro atoms. The summed E-state index contributed by atoms with van der Waals surface area (Å²) in [7, 11) is 0. The van der Waals surface area contributed by atoms with Gasteiger partial charge in [0.25, 0.3) is 5.91 Å². The van der Waals surface area contributed by atoms with Gasteiger partial charge in [0.15, 0.2) is 0 Å². The van der Waals surface area contributed by atoms with Crippen molar-refractivity contribution in [2.75, 3.05) is 28.6 Å². The SMILES string of the molecule is CCN(CC)c1ccc(Nc2nccc(C(=O)Nc3ccccc3)n2)cc1. The number of hydrogen-bond donors (Lipinski definition) is 2. The number of hydrogen-bond acceptors (Lipinski definition) is 5. The van der Waals surface area contributed by atoms with Gasteiger partial charge in [0, 0.05) is 36.3 Å². The Kier molecular flexibility index (Phi) is 5.99. The average Bonchev–Trinajstić information content (AvgIpc) is 2.71. The number of amides is 1. The Bertz CT molecular complexity index is 877. The first-order valence-electron chi connectivity index (χ1n) is 9.01. The molecule has 0 bridgehead atoms. The van der Waals surface area contributed by atoms with Crippen LogP contribution in [-0.2, 0) is 0 Å². The summed E-state index contributed by atoms with van der Waals surface area (Å²) in [6.45, 7) is 6.20. The number of aromatic nitrogens is 2. The molecule has 1 heterocycles. The Hall–Kier alpha value is -3.41. The van der Waals surface area contributed by atoms with E-state index in [1.165, 1.54) is 5.69 Å². The van der Waals surface area contributed by atoms with Gasteiger partial charge in [-0.15, -0.1) is 0 Å². The summed E-state index contributed by atoms with van der Waals surface area (Å²) in [6, 6.07) is 18.9. The van der Waals surface area contributed by atoms with Gasteiger partial charge >= 0.3 is 0 Å². The summed E-state index contributed by atoms with van der Waals surface area (Å²) >= 11 is 0. The quantitative estimate of drug-likeness (QED) is 0.656. The first kappa shape index (κ1) is 18.4. The number of para-hydroxylation sites is 1. The van der Waals surface area contributed by atoms with Crippen molar-refractivity contribution in [3.63, 3.8) is 0 Å². The molecule has 0 radical (unpaired) electrons. The van der Waals surface area contributed by atoms with Crippen LogP contribution in [0.3, 0.4) is 0 Å². The molecule has 0 unspecified atom stereocenters. The van der Waals surface area contributed by atoms with Crippen LogP contribution in [0.5, 0.6) is 0 Å². The molecule has 2 N–H and O–H groups in total. The highest BCUT2D eigenvalue weighted by atomic mass is 16.1. The molecule has 2 aromatic carbocycles. The van der Waals surface area contributed by atoms with Gasteiger partial charge in [0.2, 0.25) is 5.95 Å². The number of nitrogens with one attached hydrogen (secondary N) is 2. The summed E-state index contributed by atoms with van der Waals surface area (Å²) in [6.07, 6.45) is 1.57. The zero-order chi connectivity index (χ0) is 19.1. The Labute approximate surface area is 159 Å². The van der Waals surface area contributed by atoms with Crippen LogP contribution in [0.15, 0.2) is 66.9 Å². The average molecular weight is 361 g/mol. The van der Waals surface area contributed by atoms with E-state index in [9.17, 15) is 4.79 Å². The molecule has 1 aromatic heterocycles. The van der Waals surface area contributed by atoms with E-state index in [-0.39, 0.29) is 5.91 Å². The van der Waals surface area contributed by atoms with Gasteiger partial charge in [0.05, 0.1) is 0 Å². The third-order valence-electron chi connectivity index (χ3n) is 4.17. The van der Waals surface area contributed by atoms with E-state index in [1.807, 2.05) is 42.5 Å². The fourth-order valence-corrected chi connectivity index (χ4v) is 2.74. The minimum Gasteiger partial charge on any atom is -0.372 e. The van der Waals surface area contributed by atoms with Gasteiger partial charge in [-0.25, -0.2) is 9.97 Å². The first-order valence-corrected chi connectivity index (χ1v) is 9.01. The monoisotopic (exact) mass is 361 g/mol. The van der Waals surface area contributed by atoms with Gasteiger partial charge in [-0.2, -0.15) is 0 Å². The van der Waals surface area contributed by atoms with Crippen molar-refractivity contribution in [2.45, 2.75) is 13.8 Å². The van der Waals surface area contributed by atoms with E-state index in [4.69, 9.17) is 0 Å². The smallest absolute Gasteiger partial charge is 0.274 e. The van der Waals surface area contributed by atoms with Crippen LogP contribution in [0.4, 0.5) is 23.0 Å². The zero-order valence-electron chi connectivity index (χ0n) is 15.5. The number of rotatable bonds is 7. The van der Waals surface area contributed by atoms with Crippen molar-refractivity contribution in [3.8, 4) is 0 Å². The minimum absolute atomic E-state index is 0.275. The predicted molar refractivity (Wildman–Crippen MR) is 110 cm³/mol. The summed E-state index contributed by atoms with van der Waals surface area (Å²) in [5, 5.41) is 5.96. The Morgan fingerprint density at radius 1 is 0.926 bits per heavy atom. The fourth-order valence-electron chi connectivity index (χ4n) is 2.74. The van der Waals surface area contributed by atoms with Gasteiger partial charge in [-0.1, -0.05) is 18.2 Å². The second-order valence-electron chi connectivity index (χ2n) is 5.93. The Morgan fingerprint density at radius 2 is 1.63 bits per heavy atom. The molecule has 1 amide bonds. The molecule has 0 saturated heterocycles. The molecule has 138 valence electrons. The largest absolute Gasteiger partial charge is 0.372 e. The minimum atomic E-state index is -0.275. The van der Waals surface area contributed by atoms with Crippen molar-refractivity contribution < 1.29 is 4.79 Å². The van der Waals surface area contributed by atoms with Crippen LogP contribution in [0.1, 0.15) is 24.3 Å². The van der Waals surface area contributed by atoms with E-state index in [1.54, 1.807) is 12.3 Å². The Balaban J connectivity index is 1.69. The zero-order valence-corrected chi connectivity index (χ0v) is 15.5. The second-order valence-corrected chi connectivity index (χ2v) is 5.93. The summed E-state index contributed by atoms with van der Waals surface area (Å²) in [5.41, 5.74) is 3.06. The van der Waals surface area contributed by atoms with Crippen molar-refractivity contribution in [1.82, 2.24) is 9.97 Å². The lowest BCUT2D eigenvalue weighted by molar-refractivity contribution is 0.102. The van der Waals surface area contributed by atoms with Crippen LogP contribution in [0.2, 0.25) is 0 Å². The second kappa shape index (κ2) is 8.80. The molecule has 0 aliphatic heterocycles. The third-order valence-corrected chi connectivity index (χ3v) is 4.17. The predicted octanol–water partition coefficient (Wildman–Crippen LogP) is 4.32. The van der Waals surface area contributed by atoms with Gasteiger partial charge in [-0.3, -0.25) is 4.79 Å². The van der Waals surface area contributed by atoms with Crippen molar-refractivity contribution in [2.24, 2.45) is 0 Å². The summed E-state index contributed by atoms with van der Waals surface area (Å²) in [5.74, 6) is 0.106. The Morgan fingerprint density at radius 3 is 2.30 bits per heavy atom. The highest BCUT2D eigenvalue weighted by Crippen LogP contribution is 2.19. The molecule has 27 heavy (non-hydrogen) atoms. The molecule has 0 saturated carbocycles. The van der Waals surface area contributed by atoms with Crippen LogP contribution >= 0.6 is 0 Å². The van der Waals surface area contributed by atoms with Crippen molar-refractivity contribution in [3.05, 3.63) is 72.6 Å². The maximum atomic E-state index is 12.4. The molecule has 0 fully saturated rings. The van der Waals surface area contributed by atoms with Crippen LogP contribution in [-0.4, -0.2) is 29.0 Å². The maximum absolute atomic E-state index is 12.4. The molecule has 6 nitrogen and oxygen atoms in total. The molecule has 0 aliphatic rings. The van der Waals surface area contributed by atoms with E-state index < -0.39 is 0 Å². The van der Waals surface area contributed by atoms with Crippen LogP contribution in [0.25, 0.3) is 0 Å². The van der Waals surface area contributed by atoms with E-state index in [2.05, 4.69) is 51.5 Å². The van der Waals surface area contributed by atoms with Crippen molar-refractivity contribution in [1.29, 1.82) is 0 Å². The van der Waals surface area contributed by atoms with Gasteiger partial charge in [0.1, 0.15) is 5.69 Å². The third kappa shape index (κ3) is 4.82. The highest BCUT2D eigenvalue weighted by molar-refractivity contribution is 6.02. The fraction of sp³-hybridized carbons (Fsp3) is 0.190. The highest BCUT2D eigenvalue weighted by Gasteiger charge is 2.09. The van der Waals surface area contributed by atoms with Crippen molar-refractivity contribution >= 4 is 28.9 Å². The normalized spacial score (nSPS) is 10.3. The van der Waals surface area contributed by atoms with E-state index in [0.29, 0.717) is 11.6 Å². The van der Waals surface area contributed by atoms with Crippen LogP contribution < -0.4 is 15.5 Å².